The normalized spacial score (nSPS) is 22.6. The Kier molecular flexibility index (Phi) is 3.61. The number of nitrogens with one attached hydrogen (secondary N) is 1. The lowest BCUT2D eigenvalue weighted by Crippen LogP contribution is -2.33. The Morgan fingerprint density at radius 2 is 2.20 bits per heavy atom. The Morgan fingerprint density at radius 1 is 1.35 bits per heavy atom. The lowest BCUT2D eigenvalue weighted by Gasteiger charge is -2.22. The fourth-order valence-corrected chi connectivity index (χ4v) is 3.31. The standard InChI is InChI=1S/C15H23N5/c1-11-13(12(2)19(3)18-11)9-17-14-5-4-6-15(14)20-8-7-16-10-20/h7-8,10,14-15,17H,4-6,9H2,1-3H3. The summed E-state index contributed by atoms with van der Waals surface area (Å²) in [5.41, 5.74) is 3.73. The molecule has 0 radical (unpaired) electrons. The summed E-state index contributed by atoms with van der Waals surface area (Å²) in [6, 6.07) is 1.07. The zero-order valence-corrected chi connectivity index (χ0v) is 12.5. The second-order valence-electron chi connectivity index (χ2n) is 5.77. The summed E-state index contributed by atoms with van der Waals surface area (Å²) < 4.78 is 4.21. The van der Waals surface area contributed by atoms with Gasteiger partial charge in [-0.25, -0.2) is 4.98 Å². The molecule has 0 amide bonds. The largest absolute Gasteiger partial charge is 0.333 e. The van der Waals surface area contributed by atoms with Gasteiger partial charge in [0.05, 0.1) is 12.0 Å². The van der Waals surface area contributed by atoms with E-state index >= 15 is 0 Å². The van der Waals surface area contributed by atoms with E-state index in [9.17, 15) is 0 Å². The van der Waals surface area contributed by atoms with Crippen LogP contribution in [-0.2, 0) is 13.6 Å². The summed E-state index contributed by atoms with van der Waals surface area (Å²) in [6.07, 6.45) is 9.63. The molecule has 0 aromatic carbocycles. The Hall–Kier alpha value is -1.62. The van der Waals surface area contributed by atoms with Crippen LogP contribution in [0.5, 0.6) is 0 Å². The van der Waals surface area contributed by atoms with Crippen LogP contribution in [0.3, 0.4) is 0 Å². The maximum atomic E-state index is 4.49. The highest BCUT2D eigenvalue weighted by atomic mass is 15.3. The van der Waals surface area contributed by atoms with Gasteiger partial charge in [0.25, 0.3) is 0 Å². The van der Waals surface area contributed by atoms with Crippen molar-refractivity contribution in [3.05, 3.63) is 35.7 Å². The molecular weight excluding hydrogens is 250 g/mol. The molecule has 20 heavy (non-hydrogen) atoms. The number of aromatic nitrogens is 4. The van der Waals surface area contributed by atoms with Crippen LogP contribution in [0.4, 0.5) is 0 Å². The number of nitrogens with zero attached hydrogens (tertiary/aromatic N) is 4. The second kappa shape index (κ2) is 5.40. The van der Waals surface area contributed by atoms with Gasteiger partial charge >= 0.3 is 0 Å². The summed E-state index contributed by atoms with van der Waals surface area (Å²) in [5, 5.41) is 8.22. The van der Waals surface area contributed by atoms with E-state index < -0.39 is 0 Å². The van der Waals surface area contributed by atoms with Gasteiger partial charge in [0.15, 0.2) is 0 Å². The van der Waals surface area contributed by atoms with Gasteiger partial charge in [0.2, 0.25) is 0 Å². The first-order valence-electron chi connectivity index (χ1n) is 7.36. The summed E-state index contributed by atoms with van der Waals surface area (Å²) in [5.74, 6) is 0. The predicted molar refractivity (Wildman–Crippen MR) is 78.4 cm³/mol. The van der Waals surface area contributed by atoms with Crippen molar-refractivity contribution in [3.63, 3.8) is 0 Å². The van der Waals surface area contributed by atoms with Crippen molar-refractivity contribution < 1.29 is 0 Å². The number of aryl methyl sites for hydroxylation is 2. The summed E-state index contributed by atoms with van der Waals surface area (Å²) >= 11 is 0. The van der Waals surface area contributed by atoms with E-state index in [2.05, 4.69) is 40.0 Å². The average molecular weight is 273 g/mol. The van der Waals surface area contributed by atoms with Crippen molar-refractivity contribution in [2.45, 2.75) is 51.7 Å². The predicted octanol–water partition coefficient (Wildman–Crippen LogP) is 2.12. The molecule has 0 saturated heterocycles. The Balaban J connectivity index is 1.68. The number of imidazole rings is 1. The lowest BCUT2D eigenvalue weighted by atomic mass is 10.1. The fourth-order valence-electron chi connectivity index (χ4n) is 3.31. The minimum absolute atomic E-state index is 0.531. The van der Waals surface area contributed by atoms with E-state index in [1.54, 1.807) is 0 Å². The average Bonchev–Trinajstić information content (AvgIpc) is 3.11. The SMILES string of the molecule is Cc1nn(C)c(C)c1CNC1CCCC1n1ccnc1. The quantitative estimate of drug-likeness (QED) is 0.928. The first-order chi connectivity index (χ1) is 9.66. The monoisotopic (exact) mass is 273 g/mol. The molecule has 1 fully saturated rings. The van der Waals surface area contributed by atoms with Crippen molar-refractivity contribution in [1.82, 2.24) is 24.6 Å². The van der Waals surface area contributed by atoms with Crippen LogP contribution in [0.25, 0.3) is 0 Å². The van der Waals surface area contributed by atoms with E-state index in [0.717, 1.165) is 12.2 Å². The molecular formula is C15H23N5. The zero-order chi connectivity index (χ0) is 14.1. The first-order valence-corrected chi connectivity index (χ1v) is 7.36. The van der Waals surface area contributed by atoms with Crippen molar-refractivity contribution in [2.75, 3.05) is 0 Å². The number of rotatable bonds is 4. The van der Waals surface area contributed by atoms with Crippen LogP contribution in [0, 0.1) is 13.8 Å². The Bertz CT molecular complexity index is 569. The molecule has 2 unspecified atom stereocenters. The van der Waals surface area contributed by atoms with Gasteiger partial charge in [0.1, 0.15) is 0 Å². The molecule has 2 aromatic rings. The summed E-state index contributed by atoms with van der Waals surface area (Å²) in [7, 11) is 2.01. The van der Waals surface area contributed by atoms with Crippen molar-refractivity contribution >= 4 is 0 Å². The topological polar surface area (TPSA) is 47.7 Å². The van der Waals surface area contributed by atoms with Crippen LogP contribution >= 0.6 is 0 Å². The molecule has 1 N–H and O–H groups in total. The molecule has 0 aliphatic heterocycles. The van der Waals surface area contributed by atoms with Crippen molar-refractivity contribution in [1.29, 1.82) is 0 Å². The first kappa shape index (κ1) is 13.4. The minimum atomic E-state index is 0.531. The third-order valence-corrected chi connectivity index (χ3v) is 4.59. The fraction of sp³-hybridized carbons (Fsp3) is 0.600. The third kappa shape index (κ3) is 2.38. The minimum Gasteiger partial charge on any atom is -0.333 e. The highest BCUT2D eigenvalue weighted by molar-refractivity contribution is 5.24. The lowest BCUT2D eigenvalue weighted by molar-refractivity contribution is 0.390. The van der Waals surface area contributed by atoms with Gasteiger partial charge in [-0.2, -0.15) is 5.10 Å². The number of hydrogen-bond donors (Lipinski definition) is 1. The van der Waals surface area contributed by atoms with Gasteiger partial charge in [-0.1, -0.05) is 0 Å². The van der Waals surface area contributed by atoms with Crippen molar-refractivity contribution in [2.24, 2.45) is 7.05 Å². The van der Waals surface area contributed by atoms with E-state index in [1.807, 2.05) is 24.3 Å². The van der Waals surface area contributed by atoms with Crippen LogP contribution < -0.4 is 5.32 Å². The van der Waals surface area contributed by atoms with E-state index in [-0.39, 0.29) is 0 Å². The Labute approximate surface area is 120 Å². The van der Waals surface area contributed by atoms with Crippen molar-refractivity contribution in [3.8, 4) is 0 Å². The van der Waals surface area contributed by atoms with Gasteiger partial charge in [-0.05, 0) is 33.1 Å². The molecule has 1 aliphatic carbocycles. The molecule has 5 heteroatoms. The second-order valence-corrected chi connectivity index (χ2v) is 5.77. The van der Waals surface area contributed by atoms with Crippen LogP contribution in [0.1, 0.15) is 42.3 Å². The van der Waals surface area contributed by atoms with E-state index in [0.29, 0.717) is 12.1 Å². The van der Waals surface area contributed by atoms with Gasteiger partial charge in [-0.15, -0.1) is 0 Å². The maximum Gasteiger partial charge on any atom is 0.0949 e. The van der Waals surface area contributed by atoms with E-state index in [4.69, 9.17) is 0 Å². The highest BCUT2D eigenvalue weighted by Gasteiger charge is 2.28. The molecule has 3 rings (SSSR count). The van der Waals surface area contributed by atoms with Gasteiger partial charge in [-0.3, -0.25) is 4.68 Å². The molecule has 1 aliphatic rings. The molecule has 5 nitrogen and oxygen atoms in total. The van der Waals surface area contributed by atoms with Crippen LogP contribution in [0.2, 0.25) is 0 Å². The van der Waals surface area contributed by atoms with Gasteiger partial charge < -0.3 is 9.88 Å². The molecule has 1 saturated carbocycles. The molecule has 2 aromatic heterocycles. The van der Waals surface area contributed by atoms with Crippen LogP contribution in [0.15, 0.2) is 18.7 Å². The highest BCUT2D eigenvalue weighted by Crippen LogP contribution is 2.30. The summed E-state index contributed by atoms with van der Waals surface area (Å²) in [4.78, 5) is 4.17. The molecule has 108 valence electrons. The summed E-state index contributed by atoms with van der Waals surface area (Å²) in [6.45, 7) is 5.13. The van der Waals surface area contributed by atoms with E-state index in [1.165, 1.54) is 30.5 Å². The smallest absolute Gasteiger partial charge is 0.0949 e. The van der Waals surface area contributed by atoms with Gasteiger partial charge in [0, 0.05) is 49.3 Å². The molecule has 0 bridgehead atoms. The zero-order valence-electron chi connectivity index (χ0n) is 12.5. The molecule has 0 spiro atoms. The maximum absolute atomic E-state index is 4.49. The molecule has 2 heterocycles. The third-order valence-electron chi connectivity index (χ3n) is 4.59. The molecule has 2 atom stereocenters. The Morgan fingerprint density at radius 3 is 2.85 bits per heavy atom. The number of hydrogen-bond acceptors (Lipinski definition) is 3. The van der Waals surface area contributed by atoms with Crippen LogP contribution in [-0.4, -0.2) is 25.4 Å².